The second kappa shape index (κ2) is 2.22. The van der Waals surface area contributed by atoms with Crippen molar-refractivity contribution in [2.24, 2.45) is 13.0 Å². The second-order valence-corrected chi connectivity index (χ2v) is 3.13. The molecule has 0 amide bonds. The topological polar surface area (TPSA) is 39.8 Å². The Labute approximate surface area is 64.4 Å². The summed E-state index contributed by atoms with van der Waals surface area (Å²) in [6.07, 6.45) is 4.14. The van der Waals surface area contributed by atoms with Crippen molar-refractivity contribution in [1.82, 2.24) is 14.3 Å². The first-order valence-corrected chi connectivity index (χ1v) is 3.86. The van der Waals surface area contributed by atoms with Crippen molar-refractivity contribution < 1.29 is 0 Å². The monoisotopic (exact) mass is 153 g/mol. The molecule has 1 aliphatic carbocycles. The lowest BCUT2D eigenvalue weighted by Gasteiger charge is -1.94. The first-order chi connectivity index (χ1) is 5.27. The van der Waals surface area contributed by atoms with Gasteiger partial charge >= 0.3 is 5.69 Å². The standard InChI is InChI=1S/C7H11N3O/c1-9-7(11)10(5-8-9)4-6-2-3-6/h5-6H,2-4H2,1H3. The molecule has 1 aromatic rings. The summed E-state index contributed by atoms with van der Waals surface area (Å²) < 4.78 is 3.04. The van der Waals surface area contributed by atoms with Gasteiger partial charge in [0.2, 0.25) is 0 Å². The predicted molar refractivity (Wildman–Crippen MR) is 40.2 cm³/mol. The van der Waals surface area contributed by atoms with Crippen LogP contribution in [0.3, 0.4) is 0 Å². The largest absolute Gasteiger partial charge is 0.345 e. The van der Waals surface area contributed by atoms with Crippen LogP contribution in [0, 0.1) is 5.92 Å². The maximum absolute atomic E-state index is 11.2. The fraction of sp³-hybridized carbons (Fsp3) is 0.714. The molecule has 0 saturated heterocycles. The third-order valence-electron chi connectivity index (χ3n) is 2.04. The smallest absolute Gasteiger partial charge is 0.281 e. The first kappa shape index (κ1) is 6.64. The van der Waals surface area contributed by atoms with Crippen LogP contribution in [0.5, 0.6) is 0 Å². The van der Waals surface area contributed by atoms with E-state index in [-0.39, 0.29) is 5.69 Å². The van der Waals surface area contributed by atoms with Gasteiger partial charge in [0, 0.05) is 13.6 Å². The van der Waals surface area contributed by atoms with Gasteiger partial charge in [-0.3, -0.25) is 4.57 Å². The Hall–Kier alpha value is -1.06. The molecule has 0 radical (unpaired) electrons. The van der Waals surface area contributed by atoms with Crippen LogP contribution < -0.4 is 5.69 Å². The lowest BCUT2D eigenvalue weighted by atomic mass is 10.4. The fourth-order valence-electron chi connectivity index (χ4n) is 1.13. The minimum atomic E-state index is -0.00287. The Balaban J connectivity index is 2.22. The molecule has 0 spiro atoms. The van der Waals surface area contributed by atoms with E-state index >= 15 is 0 Å². The molecule has 4 nitrogen and oxygen atoms in total. The van der Waals surface area contributed by atoms with Gasteiger partial charge in [-0.2, -0.15) is 5.10 Å². The molecule has 0 aliphatic heterocycles. The normalized spacial score (nSPS) is 17.2. The summed E-state index contributed by atoms with van der Waals surface area (Å²) in [5, 5.41) is 3.86. The quantitative estimate of drug-likeness (QED) is 0.599. The summed E-state index contributed by atoms with van der Waals surface area (Å²) in [6.45, 7) is 0.854. The van der Waals surface area contributed by atoms with E-state index in [2.05, 4.69) is 5.10 Å². The summed E-state index contributed by atoms with van der Waals surface area (Å²) in [5.41, 5.74) is -0.00287. The molecule has 2 rings (SSSR count). The first-order valence-electron chi connectivity index (χ1n) is 3.86. The van der Waals surface area contributed by atoms with Gasteiger partial charge in [0.25, 0.3) is 0 Å². The fourth-order valence-corrected chi connectivity index (χ4v) is 1.13. The van der Waals surface area contributed by atoms with Crippen molar-refractivity contribution in [3.05, 3.63) is 16.8 Å². The maximum Gasteiger partial charge on any atom is 0.345 e. The van der Waals surface area contributed by atoms with Gasteiger partial charge in [0.15, 0.2) is 0 Å². The zero-order chi connectivity index (χ0) is 7.84. The lowest BCUT2D eigenvalue weighted by Crippen LogP contribution is -2.22. The highest BCUT2D eigenvalue weighted by Crippen LogP contribution is 2.29. The average molecular weight is 153 g/mol. The highest BCUT2D eigenvalue weighted by molar-refractivity contribution is 4.76. The molecule has 11 heavy (non-hydrogen) atoms. The van der Waals surface area contributed by atoms with Crippen LogP contribution >= 0.6 is 0 Å². The lowest BCUT2D eigenvalue weighted by molar-refractivity contribution is 0.594. The van der Waals surface area contributed by atoms with Crippen LogP contribution in [0.2, 0.25) is 0 Å². The Morgan fingerprint density at radius 3 is 2.91 bits per heavy atom. The third-order valence-corrected chi connectivity index (χ3v) is 2.04. The van der Waals surface area contributed by atoms with Gasteiger partial charge in [0.1, 0.15) is 6.33 Å². The van der Waals surface area contributed by atoms with E-state index in [0.717, 1.165) is 12.5 Å². The summed E-state index contributed by atoms with van der Waals surface area (Å²) in [4.78, 5) is 11.2. The van der Waals surface area contributed by atoms with Crippen LogP contribution in [0.1, 0.15) is 12.8 Å². The second-order valence-electron chi connectivity index (χ2n) is 3.13. The number of hydrogen-bond donors (Lipinski definition) is 0. The van der Waals surface area contributed by atoms with E-state index in [4.69, 9.17) is 0 Å². The van der Waals surface area contributed by atoms with Crippen molar-refractivity contribution in [3.8, 4) is 0 Å². The average Bonchev–Trinajstić information content (AvgIpc) is 2.74. The summed E-state index contributed by atoms with van der Waals surface area (Å²) in [6, 6.07) is 0. The zero-order valence-corrected chi connectivity index (χ0v) is 6.53. The minimum absolute atomic E-state index is 0.00287. The molecule has 0 unspecified atom stereocenters. The Morgan fingerprint density at radius 1 is 1.73 bits per heavy atom. The van der Waals surface area contributed by atoms with Crippen molar-refractivity contribution in [1.29, 1.82) is 0 Å². The third kappa shape index (κ3) is 1.20. The molecule has 0 aromatic carbocycles. The van der Waals surface area contributed by atoms with Crippen LogP contribution in [0.15, 0.2) is 11.1 Å². The molecule has 1 fully saturated rings. The molecular weight excluding hydrogens is 142 g/mol. The zero-order valence-electron chi connectivity index (χ0n) is 6.53. The molecule has 1 aromatic heterocycles. The van der Waals surface area contributed by atoms with E-state index < -0.39 is 0 Å². The van der Waals surface area contributed by atoms with Crippen LogP contribution in [0.4, 0.5) is 0 Å². The predicted octanol–water partition coefficient (Wildman–Crippen LogP) is -0.00820. The number of aromatic nitrogens is 3. The van der Waals surface area contributed by atoms with Gasteiger partial charge in [-0.15, -0.1) is 0 Å². The highest BCUT2D eigenvalue weighted by Gasteiger charge is 2.22. The van der Waals surface area contributed by atoms with Crippen molar-refractivity contribution in [2.75, 3.05) is 0 Å². The van der Waals surface area contributed by atoms with Crippen molar-refractivity contribution >= 4 is 0 Å². The van der Waals surface area contributed by atoms with E-state index in [1.165, 1.54) is 17.5 Å². The number of rotatable bonds is 2. The Kier molecular flexibility index (Phi) is 1.34. The van der Waals surface area contributed by atoms with Gasteiger partial charge < -0.3 is 0 Å². The van der Waals surface area contributed by atoms with Crippen molar-refractivity contribution in [3.63, 3.8) is 0 Å². The van der Waals surface area contributed by atoms with Gasteiger partial charge in [0.05, 0.1) is 0 Å². The molecule has 0 bridgehead atoms. The Bertz CT molecular complexity index is 308. The van der Waals surface area contributed by atoms with Gasteiger partial charge in [-0.25, -0.2) is 9.48 Å². The minimum Gasteiger partial charge on any atom is -0.281 e. The molecular formula is C7H11N3O. The molecule has 0 N–H and O–H groups in total. The van der Waals surface area contributed by atoms with E-state index in [9.17, 15) is 4.79 Å². The number of aryl methyl sites for hydroxylation is 1. The SMILES string of the molecule is Cn1ncn(CC2CC2)c1=O. The van der Waals surface area contributed by atoms with Crippen molar-refractivity contribution in [2.45, 2.75) is 19.4 Å². The maximum atomic E-state index is 11.2. The van der Waals surface area contributed by atoms with E-state index in [1.54, 1.807) is 17.9 Å². The summed E-state index contributed by atoms with van der Waals surface area (Å²) in [7, 11) is 1.67. The number of nitrogens with zero attached hydrogens (tertiary/aromatic N) is 3. The molecule has 60 valence electrons. The highest BCUT2D eigenvalue weighted by atomic mass is 16.2. The Morgan fingerprint density at radius 2 is 2.45 bits per heavy atom. The van der Waals surface area contributed by atoms with Gasteiger partial charge in [-0.1, -0.05) is 0 Å². The summed E-state index contributed by atoms with van der Waals surface area (Å²) in [5.74, 6) is 0.733. The molecule has 1 saturated carbocycles. The molecule has 4 heteroatoms. The summed E-state index contributed by atoms with van der Waals surface area (Å²) >= 11 is 0. The molecule has 0 atom stereocenters. The van der Waals surface area contributed by atoms with Crippen LogP contribution in [-0.2, 0) is 13.6 Å². The van der Waals surface area contributed by atoms with Gasteiger partial charge in [-0.05, 0) is 18.8 Å². The molecule has 1 heterocycles. The molecule has 1 aliphatic rings. The van der Waals surface area contributed by atoms with E-state index in [0.29, 0.717) is 0 Å². The van der Waals surface area contributed by atoms with Crippen LogP contribution in [0.25, 0.3) is 0 Å². The number of hydrogen-bond acceptors (Lipinski definition) is 2. The van der Waals surface area contributed by atoms with Crippen LogP contribution in [-0.4, -0.2) is 14.3 Å². The van der Waals surface area contributed by atoms with E-state index in [1.807, 2.05) is 0 Å².